The van der Waals surface area contributed by atoms with E-state index in [9.17, 15) is 4.21 Å². The third-order valence-electron chi connectivity index (χ3n) is 0.708. The molecule has 0 spiro atoms. The van der Waals surface area contributed by atoms with Crippen molar-refractivity contribution >= 4 is 39.6 Å². The molecule has 0 aromatic rings. The predicted octanol–water partition coefficient (Wildman–Crippen LogP) is 1.12. The van der Waals surface area contributed by atoms with E-state index in [-0.39, 0.29) is 5.29 Å². The van der Waals surface area contributed by atoms with E-state index in [0.717, 1.165) is 0 Å². The normalized spacial score (nSPS) is 34.1. The highest BCUT2D eigenvalue weighted by Crippen LogP contribution is 2.28. The van der Waals surface area contributed by atoms with Gasteiger partial charge in [-0.2, -0.15) is 4.99 Å². The van der Waals surface area contributed by atoms with Crippen molar-refractivity contribution in [1.82, 2.24) is 0 Å². The summed E-state index contributed by atoms with van der Waals surface area (Å²) >= 11 is 8.12. The van der Waals surface area contributed by atoms with Crippen molar-refractivity contribution in [3.05, 3.63) is 0 Å². The summed E-state index contributed by atoms with van der Waals surface area (Å²) < 4.78 is 16.9. The number of nitrogens with zero attached hydrogens (tertiary/aromatic N) is 3. The standard InChI is InChI=1S/C2HCl2N3O2S/c3-1-5-2(4,7-6-1)10(8)9/h(H,8,9). The third-order valence-corrected chi connectivity index (χ3v) is 2.04. The molecular formula is C2HCl2N3O2S. The number of alkyl halides is 1. The molecule has 2 atom stereocenters. The molecule has 1 heterocycles. The van der Waals surface area contributed by atoms with Crippen LogP contribution in [0.4, 0.5) is 0 Å². The molecule has 1 rings (SSSR count). The van der Waals surface area contributed by atoms with Gasteiger partial charge < -0.3 is 4.55 Å². The second-order valence-electron chi connectivity index (χ2n) is 1.36. The summed E-state index contributed by atoms with van der Waals surface area (Å²) in [5, 5.41) is 6.09. The molecule has 0 saturated carbocycles. The molecule has 0 aromatic heterocycles. The van der Waals surface area contributed by atoms with Gasteiger partial charge in [0.25, 0.3) is 0 Å². The fourth-order valence-electron chi connectivity index (χ4n) is 0.335. The largest absolute Gasteiger partial charge is 0.349 e. The summed E-state index contributed by atoms with van der Waals surface area (Å²) in [5.74, 6) is 0. The first-order valence-corrected chi connectivity index (χ1v) is 3.89. The van der Waals surface area contributed by atoms with Crippen molar-refractivity contribution in [3.8, 4) is 0 Å². The molecule has 1 N–H and O–H groups in total. The molecule has 0 fully saturated rings. The average Bonchev–Trinajstić information content (AvgIpc) is 2.13. The second kappa shape index (κ2) is 2.54. The molecule has 8 heteroatoms. The van der Waals surface area contributed by atoms with Crippen molar-refractivity contribution in [3.63, 3.8) is 0 Å². The minimum absolute atomic E-state index is 0.225. The van der Waals surface area contributed by atoms with E-state index in [1.54, 1.807) is 0 Å². The molecular weight excluding hydrogens is 201 g/mol. The number of rotatable bonds is 1. The lowest BCUT2D eigenvalue weighted by Crippen LogP contribution is -2.19. The van der Waals surface area contributed by atoms with Crippen LogP contribution in [0.15, 0.2) is 15.2 Å². The maximum absolute atomic E-state index is 10.3. The van der Waals surface area contributed by atoms with Crippen LogP contribution in [-0.4, -0.2) is 18.5 Å². The van der Waals surface area contributed by atoms with E-state index in [0.29, 0.717) is 0 Å². The van der Waals surface area contributed by atoms with E-state index in [1.165, 1.54) is 0 Å². The van der Waals surface area contributed by atoms with Gasteiger partial charge in [-0.1, -0.05) is 0 Å². The Balaban J connectivity index is 2.95. The van der Waals surface area contributed by atoms with Crippen molar-refractivity contribution in [2.75, 3.05) is 0 Å². The average molecular weight is 202 g/mol. The summed E-state index contributed by atoms with van der Waals surface area (Å²) in [6, 6.07) is 0. The first kappa shape index (κ1) is 8.06. The topological polar surface area (TPSA) is 74.4 Å². The van der Waals surface area contributed by atoms with Gasteiger partial charge in [-0.15, -0.1) is 10.2 Å². The van der Waals surface area contributed by atoms with Gasteiger partial charge in [0.15, 0.2) is 0 Å². The van der Waals surface area contributed by atoms with Crippen LogP contribution in [0, 0.1) is 0 Å². The number of amidine groups is 1. The Kier molecular flexibility index (Phi) is 2.04. The van der Waals surface area contributed by atoms with E-state index >= 15 is 0 Å². The third kappa shape index (κ3) is 1.34. The van der Waals surface area contributed by atoms with Crippen molar-refractivity contribution in [1.29, 1.82) is 0 Å². The quantitative estimate of drug-likeness (QED) is 0.393. The maximum Gasteiger partial charge on any atom is 0.349 e. The van der Waals surface area contributed by atoms with E-state index in [2.05, 4.69) is 15.2 Å². The number of hydrogen-bond acceptors (Lipinski definition) is 4. The van der Waals surface area contributed by atoms with Gasteiger partial charge in [0.2, 0.25) is 16.4 Å². The van der Waals surface area contributed by atoms with Gasteiger partial charge in [-0.3, -0.25) is 0 Å². The van der Waals surface area contributed by atoms with Crippen molar-refractivity contribution in [2.45, 2.75) is 4.45 Å². The molecule has 0 bridgehead atoms. The summed E-state index contributed by atoms with van der Waals surface area (Å²) in [6.07, 6.45) is 0. The SMILES string of the molecule is O=S(O)C1(Cl)N=NC(Cl)=N1. The summed E-state index contributed by atoms with van der Waals surface area (Å²) in [7, 11) is 0. The fraction of sp³-hybridized carbons (Fsp3) is 0.500. The molecule has 2 unspecified atom stereocenters. The molecule has 0 aliphatic carbocycles. The molecule has 1 aliphatic heterocycles. The minimum Gasteiger partial charge on any atom is -0.302 e. The van der Waals surface area contributed by atoms with E-state index in [1.807, 2.05) is 0 Å². The van der Waals surface area contributed by atoms with Gasteiger partial charge in [0, 0.05) is 0 Å². The van der Waals surface area contributed by atoms with Crippen LogP contribution < -0.4 is 0 Å². The summed E-state index contributed by atoms with van der Waals surface area (Å²) in [6.45, 7) is 0. The molecule has 10 heavy (non-hydrogen) atoms. The maximum atomic E-state index is 10.3. The van der Waals surface area contributed by atoms with E-state index < -0.39 is 15.5 Å². The van der Waals surface area contributed by atoms with Gasteiger partial charge in [0.05, 0.1) is 0 Å². The lowest BCUT2D eigenvalue weighted by molar-refractivity contribution is 0.542. The predicted molar refractivity (Wildman–Crippen MR) is 37.5 cm³/mol. The molecule has 0 amide bonds. The number of hydrogen-bond donors (Lipinski definition) is 1. The first-order valence-electron chi connectivity index (χ1n) is 2.03. The second-order valence-corrected chi connectivity index (χ2v) is 3.52. The van der Waals surface area contributed by atoms with Crippen molar-refractivity contribution in [2.24, 2.45) is 15.2 Å². The monoisotopic (exact) mass is 201 g/mol. The highest BCUT2D eigenvalue weighted by molar-refractivity contribution is 7.82. The highest BCUT2D eigenvalue weighted by atomic mass is 35.5. The zero-order valence-corrected chi connectivity index (χ0v) is 6.69. The van der Waals surface area contributed by atoms with Crippen LogP contribution in [-0.2, 0) is 11.1 Å². The Morgan fingerprint density at radius 1 is 1.70 bits per heavy atom. The van der Waals surface area contributed by atoms with Crippen LogP contribution in [0.2, 0.25) is 0 Å². The van der Waals surface area contributed by atoms with Crippen LogP contribution in [0.1, 0.15) is 0 Å². The van der Waals surface area contributed by atoms with Crippen molar-refractivity contribution < 1.29 is 8.76 Å². The number of aliphatic imine (C=N–C) groups is 1. The highest BCUT2D eigenvalue weighted by Gasteiger charge is 2.37. The molecule has 1 aliphatic rings. The lowest BCUT2D eigenvalue weighted by atomic mass is 11.1. The minimum atomic E-state index is -2.39. The summed E-state index contributed by atoms with van der Waals surface area (Å²) in [4.78, 5) is 3.28. The molecule has 0 aromatic carbocycles. The molecule has 56 valence electrons. The van der Waals surface area contributed by atoms with Gasteiger partial charge >= 0.3 is 4.45 Å². The van der Waals surface area contributed by atoms with Gasteiger partial charge in [-0.05, 0) is 23.2 Å². The fourth-order valence-corrected chi connectivity index (χ4v) is 0.982. The first-order chi connectivity index (χ1) is 4.54. The Morgan fingerprint density at radius 3 is 2.50 bits per heavy atom. The zero-order chi connectivity index (χ0) is 7.78. The van der Waals surface area contributed by atoms with Crippen LogP contribution in [0.5, 0.6) is 0 Å². The zero-order valence-electron chi connectivity index (χ0n) is 4.36. The van der Waals surface area contributed by atoms with Crippen LogP contribution in [0.25, 0.3) is 0 Å². The van der Waals surface area contributed by atoms with Crippen LogP contribution >= 0.6 is 23.2 Å². The number of halogens is 2. The lowest BCUT2D eigenvalue weighted by Gasteiger charge is -2.04. The molecule has 5 nitrogen and oxygen atoms in total. The van der Waals surface area contributed by atoms with E-state index in [4.69, 9.17) is 27.8 Å². The number of azo groups is 1. The Bertz CT molecular complexity index is 241. The summed E-state index contributed by atoms with van der Waals surface area (Å²) in [5.41, 5.74) is 0. The van der Waals surface area contributed by atoms with Gasteiger partial charge in [-0.25, -0.2) is 4.21 Å². The Hall–Kier alpha value is -0.0400. The molecule has 0 radical (unpaired) electrons. The van der Waals surface area contributed by atoms with Crippen LogP contribution in [0.3, 0.4) is 0 Å². The Morgan fingerprint density at radius 2 is 2.30 bits per heavy atom. The smallest absolute Gasteiger partial charge is 0.302 e. The Labute approximate surface area is 68.4 Å². The molecule has 0 saturated heterocycles. The van der Waals surface area contributed by atoms with Gasteiger partial charge in [0.1, 0.15) is 0 Å².